The van der Waals surface area contributed by atoms with Gasteiger partial charge in [-0.2, -0.15) is 0 Å². The molecule has 1 saturated heterocycles. The average Bonchev–Trinajstić information content (AvgIpc) is 3.25. The lowest BCUT2D eigenvalue weighted by molar-refractivity contribution is -0.114. The third kappa shape index (κ3) is 6.49. The van der Waals surface area contributed by atoms with Crippen molar-refractivity contribution in [2.75, 3.05) is 30.3 Å². The van der Waals surface area contributed by atoms with Gasteiger partial charge < -0.3 is 25.4 Å². The highest BCUT2D eigenvalue weighted by atomic mass is 16.5. The van der Waals surface area contributed by atoms with Crippen LogP contribution in [0.5, 0.6) is 5.75 Å². The fourth-order valence-corrected chi connectivity index (χ4v) is 3.17. The number of hydrogen-bond donors (Lipinski definition) is 3. The van der Waals surface area contributed by atoms with Gasteiger partial charge in [0, 0.05) is 24.4 Å². The van der Waals surface area contributed by atoms with E-state index in [-0.39, 0.29) is 30.6 Å². The van der Waals surface area contributed by atoms with Gasteiger partial charge in [0.25, 0.3) is 5.91 Å². The van der Waals surface area contributed by atoms with Gasteiger partial charge in [0.2, 0.25) is 5.91 Å². The maximum absolute atomic E-state index is 12.3. The lowest BCUT2D eigenvalue weighted by Crippen LogP contribution is -2.31. The molecule has 0 aliphatic carbocycles. The molecule has 0 aromatic heterocycles. The van der Waals surface area contributed by atoms with Gasteiger partial charge in [-0.15, -0.1) is 0 Å². The lowest BCUT2D eigenvalue weighted by Gasteiger charge is -2.15. The average molecular weight is 412 g/mol. The first-order valence-corrected chi connectivity index (χ1v) is 10.3. The topological polar surface area (TPSA) is 88.7 Å². The van der Waals surface area contributed by atoms with E-state index < -0.39 is 0 Å². The van der Waals surface area contributed by atoms with E-state index >= 15 is 0 Å². The minimum atomic E-state index is -0.190. The van der Waals surface area contributed by atoms with Gasteiger partial charge in [-0.25, -0.2) is 0 Å². The number of amides is 2. The normalized spacial score (nSPS) is 15.6. The number of carbonyl (C=O) groups is 2. The van der Waals surface area contributed by atoms with Crippen LogP contribution in [-0.4, -0.2) is 43.7 Å². The summed E-state index contributed by atoms with van der Waals surface area (Å²) in [5.41, 5.74) is 1.94. The molecule has 7 nitrogen and oxygen atoms in total. The van der Waals surface area contributed by atoms with Crippen LogP contribution in [0.3, 0.4) is 0 Å². The van der Waals surface area contributed by atoms with Crippen molar-refractivity contribution in [1.82, 2.24) is 5.32 Å². The van der Waals surface area contributed by atoms with Crippen LogP contribution < -0.4 is 20.7 Å². The first-order chi connectivity index (χ1) is 14.5. The second-order valence-corrected chi connectivity index (χ2v) is 7.49. The van der Waals surface area contributed by atoms with Crippen LogP contribution in [-0.2, 0) is 9.53 Å². The number of carbonyl (C=O) groups excluding carboxylic acids is 2. The molecule has 1 heterocycles. The van der Waals surface area contributed by atoms with E-state index in [2.05, 4.69) is 16.0 Å². The summed E-state index contributed by atoms with van der Waals surface area (Å²) in [5.74, 6) is 0.371. The summed E-state index contributed by atoms with van der Waals surface area (Å²) in [4.78, 5) is 24.5. The number of anilines is 2. The van der Waals surface area contributed by atoms with E-state index in [4.69, 9.17) is 9.47 Å². The van der Waals surface area contributed by atoms with E-state index in [1.807, 2.05) is 38.1 Å². The quantitative estimate of drug-likeness (QED) is 0.588. The minimum absolute atomic E-state index is 0.0446. The van der Waals surface area contributed by atoms with Crippen molar-refractivity contribution in [3.63, 3.8) is 0 Å². The molecule has 2 aromatic carbocycles. The van der Waals surface area contributed by atoms with Crippen molar-refractivity contribution >= 4 is 23.2 Å². The minimum Gasteiger partial charge on any atom is -0.489 e. The molecule has 1 aliphatic rings. The zero-order valence-electron chi connectivity index (χ0n) is 17.4. The highest BCUT2D eigenvalue weighted by molar-refractivity contribution is 5.96. The van der Waals surface area contributed by atoms with E-state index in [0.29, 0.717) is 23.5 Å². The molecule has 30 heavy (non-hydrogen) atoms. The van der Waals surface area contributed by atoms with E-state index in [1.165, 1.54) is 0 Å². The molecular weight excluding hydrogens is 382 g/mol. The van der Waals surface area contributed by atoms with E-state index in [0.717, 1.165) is 25.1 Å². The molecule has 3 rings (SSSR count). The van der Waals surface area contributed by atoms with Gasteiger partial charge in [0.1, 0.15) is 5.75 Å². The second-order valence-electron chi connectivity index (χ2n) is 7.49. The van der Waals surface area contributed by atoms with Gasteiger partial charge in [0.05, 0.1) is 24.4 Å². The van der Waals surface area contributed by atoms with Crippen molar-refractivity contribution in [1.29, 1.82) is 0 Å². The number of hydrogen-bond acceptors (Lipinski definition) is 5. The Morgan fingerprint density at radius 3 is 2.60 bits per heavy atom. The summed E-state index contributed by atoms with van der Waals surface area (Å²) in [5, 5.41) is 8.81. The molecule has 1 aliphatic heterocycles. The van der Waals surface area contributed by atoms with Gasteiger partial charge in [-0.05, 0) is 63.1 Å². The Morgan fingerprint density at radius 2 is 1.90 bits per heavy atom. The zero-order chi connectivity index (χ0) is 21.3. The Hall–Kier alpha value is -3.06. The van der Waals surface area contributed by atoms with Crippen LogP contribution in [0, 0.1) is 0 Å². The largest absolute Gasteiger partial charge is 0.489 e. The Bertz CT molecular complexity index is 846. The molecule has 2 aromatic rings. The Kier molecular flexibility index (Phi) is 7.68. The third-order valence-electron chi connectivity index (χ3n) is 4.63. The molecule has 0 spiro atoms. The fourth-order valence-electron chi connectivity index (χ4n) is 3.17. The summed E-state index contributed by atoms with van der Waals surface area (Å²) in [6, 6.07) is 14.3. The van der Waals surface area contributed by atoms with Crippen molar-refractivity contribution in [3.8, 4) is 5.75 Å². The van der Waals surface area contributed by atoms with Crippen LogP contribution in [0.2, 0.25) is 0 Å². The highest BCUT2D eigenvalue weighted by Crippen LogP contribution is 2.24. The second kappa shape index (κ2) is 10.6. The maximum atomic E-state index is 12.3. The Balaban J connectivity index is 1.47. The predicted molar refractivity (Wildman–Crippen MR) is 117 cm³/mol. The summed E-state index contributed by atoms with van der Waals surface area (Å²) in [6.45, 7) is 5.29. The summed E-state index contributed by atoms with van der Waals surface area (Å²) in [6.07, 6.45) is 2.17. The van der Waals surface area contributed by atoms with Crippen LogP contribution in [0.1, 0.15) is 37.0 Å². The first kappa shape index (κ1) is 21.6. The van der Waals surface area contributed by atoms with Crippen LogP contribution in [0.4, 0.5) is 11.4 Å². The van der Waals surface area contributed by atoms with Crippen molar-refractivity contribution in [2.24, 2.45) is 0 Å². The molecule has 0 radical (unpaired) electrons. The maximum Gasteiger partial charge on any atom is 0.251 e. The number of benzene rings is 2. The summed E-state index contributed by atoms with van der Waals surface area (Å²) < 4.78 is 11.3. The van der Waals surface area contributed by atoms with E-state index in [1.54, 1.807) is 24.3 Å². The highest BCUT2D eigenvalue weighted by Gasteiger charge is 2.16. The molecular formula is C23H29N3O4. The van der Waals surface area contributed by atoms with Gasteiger partial charge in [-0.1, -0.05) is 12.1 Å². The zero-order valence-corrected chi connectivity index (χ0v) is 17.4. The molecule has 7 heteroatoms. The number of para-hydroxylation sites is 2. The van der Waals surface area contributed by atoms with Gasteiger partial charge >= 0.3 is 0 Å². The lowest BCUT2D eigenvalue weighted by atomic mass is 10.2. The van der Waals surface area contributed by atoms with Crippen LogP contribution >= 0.6 is 0 Å². The standard InChI is InChI=1S/C23H29N3O4/c1-16(2)30-21-8-4-3-7-20(21)24-15-22(27)26-18-11-9-17(10-12-18)23(28)25-14-19-6-5-13-29-19/h3-4,7-12,16,19,24H,5-6,13-15H2,1-2H3,(H,25,28)(H,26,27). The number of rotatable bonds is 9. The molecule has 1 unspecified atom stereocenters. The first-order valence-electron chi connectivity index (χ1n) is 10.3. The fraction of sp³-hybridized carbons (Fsp3) is 0.391. The van der Waals surface area contributed by atoms with E-state index in [9.17, 15) is 9.59 Å². The molecule has 3 N–H and O–H groups in total. The van der Waals surface area contributed by atoms with Gasteiger partial charge in [-0.3, -0.25) is 9.59 Å². The Morgan fingerprint density at radius 1 is 1.13 bits per heavy atom. The SMILES string of the molecule is CC(C)Oc1ccccc1NCC(=O)Nc1ccc(C(=O)NCC2CCCO2)cc1. The molecule has 2 amide bonds. The van der Waals surface area contributed by atoms with Crippen LogP contribution in [0.25, 0.3) is 0 Å². The monoisotopic (exact) mass is 411 g/mol. The third-order valence-corrected chi connectivity index (χ3v) is 4.63. The number of nitrogens with one attached hydrogen (secondary N) is 3. The molecule has 0 bridgehead atoms. The molecule has 0 saturated carbocycles. The van der Waals surface area contributed by atoms with Crippen LogP contribution in [0.15, 0.2) is 48.5 Å². The van der Waals surface area contributed by atoms with Crippen molar-refractivity contribution in [2.45, 2.75) is 38.9 Å². The smallest absolute Gasteiger partial charge is 0.251 e. The summed E-state index contributed by atoms with van der Waals surface area (Å²) in [7, 11) is 0. The predicted octanol–water partition coefficient (Wildman–Crippen LogP) is 3.43. The molecule has 1 fully saturated rings. The summed E-state index contributed by atoms with van der Waals surface area (Å²) >= 11 is 0. The van der Waals surface area contributed by atoms with Gasteiger partial charge in [0.15, 0.2) is 0 Å². The van der Waals surface area contributed by atoms with Crippen molar-refractivity contribution in [3.05, 3.63) is 54.1 Å². The van der Waals surface area contributed by atoms with Crippen molar-refractivity contribution < 1.29 is 19.1 Å². The Labute approximate surface area is 177 Å². The molecule has 1 atom stereocenters. The number of ether oxygens (including phenoxy) is 2. The molecule has 160 valence electrons.